The van der Waals surface area contributed by atoms with E-state index in [-0.39, 0.29) is 4.58 Å². The highest BCUT2D eigenvalue weighted by atomic mass is 32.2. The third-order valence-electron chi connectivity index (χ3n) is 3.65. The fourth-order valence-corrected chi connectivity index (χ4v) is 3.79. The Bertz CT molecular complexity index is 384. The van der Waals surface area contributed by atoms with Crippen molar-refractivity contribution in [3.63, 3.8) is 0 Å². The minimum absolute atomic E-state index is 0.0868. The van der Waals surface area contributed by atoms with Gasteiger partial charge >= 0.3 is 0 Å². The highest BCUT2D eigenvalue weighted by Gasteiger charge is 2.21. The van der Waals surface area contributed by atoms with Gasteiger partial charge in [-0.1, -0.05) is 47.0 Å². The molecule has 0 saturated carbocycles. The summed E-state index contributed by atoms with van der Waals surface area (Å²) in [7, 11) is 0. The lowest BCUT2D eigenvalue weighted by molar-refractivity contribution is 0.393. The number of hydrogen-bond donors (Lipinski definition) is 1. The van der Waals surface area contributed by atoms with E-state index in [1.165, 1.54) is 31.4 Å². The van der Waals surface area contributed by atoms with E-state index in [4.69, 9.17) is 4.98 Å². The first-order valence-electron chi connectivity index (χ1n) is 7.76. The van der Waals surface area contributed by atoms with Crippen LogP contribution in [-0.2, 0) is 0 Å². The maximum absolute atomic E-state index is 4.81. The molecule has 0 spiro atoms. The number of hydrogen-bond acceptors (Lipinski definition) is 4. The maximum atomic E-state index is 4.81. The van der Waals surface area contributed by atoms with Crippen LogP contribution in [0.4, 0.5) is 0 Å². The molecule has 0 N–H and O–H groups in total. The quantitative estimate of drug-likeness (QED) is 0.483. The molecule has 0 radical (unpaired) electrons. The van der Waals surface area contributed by atoms with Crippen LogP contribution in [0.15, 0.2) is 12.3 Å². The molecule has 1 aromatic rings. The van der Waals surface area contributed by atoms with Crippen LogP contribution < -0.4 is 0 Å². The van der Waals surface area contributed by atoms with Crippen molar-refractivity contribution in [3.8, 4) is 0 Å². The van der Waals surface area contributed by atoms with Crippen LogP contribution in [0.5, 0.6) is 0 Å². The third-order valence-corrected chi connectivity index (χ3v) is 5.19. The minimum Gasteiger partial charge on any atom is -0.239 e. The van der Waals surface area contributed by atoms with Crippen LogP contribution in [0.3, 0.4) is 0 Å². The van der Waals surface area contributed by atoms with Crippen LogP contribution in [0.25, 0.3) is 0 Å². The predicted molar refractivity (Wildman–Crippen MR) is 93.6 cm³/mol. The predicted octanol–water partition coefficient (Wildman–Crippen LogP) is 5.48. The maximum Gasteiger partial charge on any atom is 0.151 e. The molecule has 0 aromatic carbocycles. The van der Waals surface area contributed by atoms with Gasteiger partial charge in [-0.2, -0.15) is 12.6 Å². The lowest BCUT2D eigenvalue weighted by Gasteiger charge is -2.23. The molecule has 1 aromatic heterocycles. The summed E-state index contributed by atoms with van der Waals surface area (Å²) < 4.78 is 0.0868. The molecule has 20 heavy (non-hydrogen) atoms. The van der Waals surface area contributed by atoms with Gasteiger partial charge in [0.2, 0.25) is 0 Å². The first kappa shape index (κ1) is 17.8. The summed E-state index contributed by atoms with van der Waals surface area (Å²) in [5, 5.41) is 0. The van der Waals surface area contributed by atoms with E-state index in [0.717, 1.165) is 11.6 Å². The Hall–Kier alpha value is -0.220. The monoisotopic (exact) mass is 312 g/mol. The number of nitrogens with zero attached hydrogens (tertiary/aromatic N) is 2. The molecule has 3 atom stereocenters. The summed E-state index contributed by atoms with van der Waals surface area (Å²) >= 11 is 6.37. The normalized spacial score (nSPS) is 15.8. The van der Waals surface area contributed by atoms with E-state index in [1.807, 2.05) is 6.20 Å². The van der Waals surface area contributed by atoms with Crippen LogP contribution in [-0.4, -0.2) is 15.7 Å². The third kappa shape index (κ3) is 5.28. The van der Waals surface area contributed by atoms with E-state index in [9.17, 15) is 0 Å². The van der Waals surface area contributed by atoms with Crippen molar-refractivity contribution < 1.29 is 0 Å². The molecule has 1 heterocycles. The first-order valence-corrected chi connectivity index (χ1v) is 9.32. The highest BCUT2D eigenvalue weighted by Crippen LogP contribution is 2.34. The average Bonchev–Trinajstić information content (AvgIpc) is 2.45. The van der Waals surface area contributed by atoms with Crippen molar-refractivity contribution in [2.24, 2.45) is 5.92 Å². The molecular weight excluding hydrogens is 284 g/mol. The molecule has 0 aliphatic carbocycles. The van der Waals surface area contributed by atoms with Crippen molar-refractivity contribution in [2.45, 2.75) is 63.9 Å². The zero-order chi connectivity index (χ0) is 15.0. The van der Waals surface area contributed by atoms with E-state index in [0.29, 0.717) is 11.8 Å². The standard InChI is InChI=1S/C16H28N2S2/c1-5-8-12(4)13(9-6-2)14-10-11-17-15(18-14)16(19)20-7-3/h10-13,16,19H,5-9H2,1-4H3. The average molecular weight is 313 g/mol. The summed E-state index contributed by atoms with van der Waals surface area (Å²) in [6.45, 7) is 9.00. The van der Waals surface area contributed by atoms with Crippen molar-refractivity contribution in [2.75, 3.05) is 5.75 Å². The largest absolute Gasteiger partial charge is 0.239 e. The molecule has 0 aliphatic heterocycles. The van der Waals surface area contributed by atoms with E-state index in [2.05, 4.69) is 51.4 Å². The van der Waals surface area contributed by atoms with Gasteiger partial charge in [-0.05, 0) is 24.2 Å². The molecule has 114 valence electrons. The fourth-order valence-electron chi connectivity index (χ4n) is 2.64. The topological polar surface area (TPSA) is 25.8 Å². The fraction of sp³-hybridized carbons (Fsp3) is 0.750. The summed E-state index contributed by atoms with van der Waals surface area (Å²) in [6.07, 6.45) is 6.80. The van der Waals surface area contributed by atoms with Gasteiger partial charge in [0, 0.05) is 17.8 Å². The van der Waals surface area contributed by atoms with Crippen molar-refractivity contribution in [1.82, 2.24) is 9.97 Å². The van der Waals surface area contributed by atoms with E-state index < -0.39 is 0 Å². The second kappa shape index (κ2) is 9.67. The Morgan fingerprint density at radius 1 is 1.20 bits per heavy atom. The summed E-state index contributed by atoms with van der Waals surface area (Å²) in [6, 6.07) is 2.09. The smallest absolute Gasteiger partial charge is 0.151 e. The molecule has 0 bridgehead atoms. The number of rotatable bonds is 9. The number of thiol groups is 1. The second-order valence-corrected chi connectivity index (χ2v) is 7.56. The molecule has 0 fully saturated rings. The van der Waals surface area contributed by atoms with Gasteiger partial charge in [-0.25, -0.2) is 9.97 Å². The minimum atomic E-state index is 0.0868. The Kier molecular flexibility index (Phi) is 8.62. The Morgan fingerprint density at radius 2 is 1.90 bits per heavy atom. The first-order chi connectivity index (χ1) is 9.63. The Morgan fingerprint density at radius 3 is 2.50 bits per heavy atom. The molecule has 2 nitrogen and oxygen atoms in total. The summed E-state index contributed by atoms with van der Waals surface area (Å²) in [5.74, 6) is 3.13. The zero-order valence-corrected chi connectivity index (χ0v) is 14.9. The van der Waals surface area contributed by atoms with Crippen LogP contribution in [0.1, 0.15) is 75.4 Å². The molecule has 0 amide bonds. The van der Waals surface area contributed by atoms with Crippen molar-refractivity contribution in [3.05, 3.63) is 23.8 Å². The van der Waals surface area contributed by atoms with Gasteiger partial charge in [-0.3, -0.25) is 0 Å². The molecule has 4 heteroatoms. The molecule has 0 aliphatic rings. The van der Waals surface area contributed by atoms with Gasteiger partial charge in [0.1, 0.15) is 4.58 Å². The molecular formula is C16H28N2S2. The Balaban J connectivity index is 2.93. The van der Waals surface area contributed by atoms with Crippen molar-refractivity contribution in [1.29, 1.82) is 0 Å². The second-order valence-electron chi connectivity index (χ2n) is 5.31. The van der Waals surface area contributed by atoms with Gasteiger partial charge in [0.05, 0.1) is 0 Å². The highest BCUT2D eigenvalue weighted by molar-refractivity contribution is 8.09. The molecule has 3 unspecified atom stereocenters. The van der Waals surface area contributed by atoms with Gasteiger partial charge in [0.25, 0.3) is 0 Å². The number of aromatic nitrogens is 2. The molecule has 0 saturated heterocycles. The van der Waals surface area contributed by atoms with Gasteiger partial charge in [-0.15, -0.1) is 11.8 Å². The number of thioether (sulfide) groups is 1. The van der Waals surface area contributed by atoms with Crippen LogP contribution in [0, 0.1) is 5.92 Å². The summed E-state index contributed by atoms with van der Waals surface area (Å²) in [4.78, 5) is 9.20. The lowest BCUT2D eigenvalue weighted by Crippen LogP contribution is -2.13. The SMILES string of the molecule is CCCC(C)C(CCC)c1ccnc(C(S)SCC)n1. The van der Waals surface area contributed by atoms with Crippen LogP contribution in [0.2, 0.25) is 0 Å². The van der Waals surface area contributed by atoms with E-state index in [1.54, 1.807) is 11.8 Å². The van der Waals surface area contributed by atoms with Crippen molar-refractivity contribution >= 4 is 24.4 Å². The van der Waals surface area contributed by atoms with E-state index >= 15 is 0 Å². The lowest BCUT2D eigenvalue weighted by atomic mass is 9.84. The van der Waals surface area contributed by atoms with Crippen LogP contribution >= 0.6 is 24.4 Å². The van der Waals surface area contributed by atoms with Gasteiger partial charge < -0.3 is 0 Å². The Labute approximate surface area is 134 Å². The van der Waals surface area contributed by atoms with Gasteiger partial charge in [0.15, 0.2) is 5.82 Å². The molecule has 1 rings (SSSR count). The zero-order valence-electron chi connectivity index (χ0n) is 13.2. The summed E-state index contributed by atoms with van der Waals surface area (Å²) in [5.41, 5.74) is 1.20.